The van der Waals surface area contributed by atoms with Gasteiger partial charge in [0.25, 0.3) is 5.91 Å². The summed E-state index contributed by atoms with van der Waals surface area (Å²) in [5.74, 6) is -0.964. The number of ether oxygens (including phenoxy) is 1. The van der Waals surface area contributed by atoms with E-state index in [4.69, 9.17) is 4.74 Å². The summed E-state index contributed by atoms with van der Waals surface area (Å²) in [6.45, 7) is 1.16. The van der Waals surface area contributed by atoms with Gasteiger partial charge in [-0.1, -0.05) is 30.3 Å². The van der Waals surface area contributed by atoms with Crippen molar-refractivity contribution < 1.29 is 18.7 Å². The minimum Gasteiger partial charge on any atom is -0.481 e. The van der Waals surface area contributed by atoms with Crippen molar-refractivity contribution in [2.75, 3.05) is 26.2 Å². The van der Waals surface area contributed by atoms with Gasteiger partial charge >= 0.3 is 0 Å². The first-order valence-electron chi connectivity index (χ1n) is 10.1. The van der Waals surface area contributed by atoms with Crippen LogP contribution in [0, 0.1) is 11.7 Å². The van der Waals surface area contributed by atoms with Crippen molar-refractivity contribution in [2.24, 2.45) is 5.92 Å². The maximum absolute atomic E-state index is 13.6. The number of carbonyl (C=O) groups is 2. The summed E-state index contributed by atoms with van der Waals surface area (Å²) < 4.78 is 18.9. The van der Waals surface area contributed by atoms with Gasteiger partial charge in [0.2, 0.25) is 5.91 Å². The number of aromatic nitrogens is 1. The fourth-order valence-electron chi connectivity index (χ4n) is 3.80. The van der Waals surface area contributed by atoms with Crippen LogP contribution >= 0.6 is 0 Å². The molecule has 2 heterocycles. The van der Waals surface area contributed by atoms with Crippen molar-refractivity contribution in [3.05, 3.63) is 66.1 Å². The Bertz CT molecular complexity index is 1050. The lowest BCUT2D eigenvalue weighted by Gasteiger charge is -2.17. The van der Waals surface area contributed by atoms with Crippen LogP contribution in [0.5, 0.6) is 5.75 Å². The molecule has 0 bridgehead atoms. The molecule has 0 unspecified atom stereocenters. The number of aromatic amines is 1. The average molecular weight is 409 g/mol. The first-order chi connectivity index (χ1) is 14.6. The van der Waals surface area contributed by atoms with Crippen LogP contribution in [0.1, 0.15) is 12.0 Å². The first-order valence-corrected chi connectivity index (χ1v) is 10.1. The largest absolute Gasteiger partial charge is 0.481 e. The number of halogens is 1. The Balaban J connectivity index is 1.22. The maximum Gasteiger partial charge on any atom is 0.260 e. The zero-order valence-corrected chi connectivity index (χ0v) is 16.6. The van der Waals surface area contributed by atoms with Crippen molar-refractivity contribution in [2.45, 2.75) is 12.8 Å². The van der Waals surface area contributed by atoms with Gasteiger partial charge in [-0.15, -0.1) is 0 Å². The van der Waals surface area contributed by atoms with Crippen molar-refractivity contribution >= 4 is 22.7 Å². The van der Waals surface area contributed by atoms with Gasteiger partial charge in [0.15, 0.2) is 18.2 Å². The van der Waals surface area contributed by atoms with E-state index in [1.807, 2.05) is 24.4 Å². The van der Waals surface area contributed by atoms with E-state index < -0.39 is 5.82 Å². The minimum atomic E-state index is -0.501. The second-order valence-corrected chi connectivity index (χ2v) is 7.44. The smallest absolute Gasteiger partial charge is 0.260 e. The van der Waals surface area contributed by atoms with E-state index in [2.05, 4.69) is 16.4 Å². The topological polar surface area (TPSA) is 74.4 Å². The van der Waals surface area contributed by atoms with E-state index in [1.54, 1.807) is 17.0 Å². The van der Waals surface area contributed by atoms with E-state index in [-0.39, 0.29) is 30.1 Å². The van der Waals surface area contributed by atoms with Crippen LogP contribution in [0.25, 0.3) is 10.9 Å². The van der Waals surface area contributed by atoms with Crippen LogP contribution in [0.15, 0.2) is 54.7 Å². The molecule has 1 fully saturated rings. The van der Waals surface area contributed by atoms with Crippen LogP contribution in [0.2, 0.25) is 0 Å². The van der Waals surface area contributed by atoms with Crippen molar-refractivity contribution in [3.8, 4) is 5.75 Å². The van der Waals surface area contributed by atoms with E-state index in [1.165, 1.54) is 23.1 Å². The Morgan fingerprint density at radius 2 is 1.97 bits per heavy atom. The average Bonchev–Trinajstić information content (AvgIpc) is 3.41. The molecule has 0 saturated carbocycles. The molecule has 2 aromatic carbocycles. The van der Waals surface area contributed by atoms with Crippen LogP contribution in [-0.2, 0) is 16.0 Å². The minimum absolute atomic E-state index is 0.0415. The van der Waals surface area contributed by atoms with Crippen molar-refractivity contribution in [1.82, 2.24) is 15.2 Å². The molecule has 1 atom stereocenters. The Morgan fingerprint density at radius 3 is 2.83 bits per heavy atom. The number of amides is 2. The van der Waals surface area contributed by atoms with Crippen molar-refractivity contribution in [3.63, 3.8) is 0 Å². The highest BCUT2D eigenvalue weighted by atomic mass is 19.1. The molecule has 1 aliphatic heterocycles. The number of fused-ring (bicyclic) bond motifs is 1. The molecule has 2 N–H and O–H groups in total. The standard InChI is InChI=1S/C23H24FN3O3/c24-19-6-2-4-8-21(19)30-15-22(28)27-12-10-17(14-27)23(29)25-11-9-16-13-26-20-7-3-1-5-18(16)20/h1-8,13,17,26H,9-12,14-15H2,(H,25,29)/t17-/m1/s1. The number of rotatable bonds is 7. The molecular weight excluding hydrogens is 385 g/mol. The zero-order valence-electron chi connectivity index (χ0n) is 16.6. The number of benzene rings is 2. The third kappa shape index (κ3) is 4.45. The fraction of sp³-hybridized carbons (Fsp3) is 0.304. The molecule has 2 amide bonds. The SMILES string of the molecule is O=C(NCCc1c[nH]c2ccccc12)[C@@H]1CCN(C(=O)COc2ccccc2F)C1. The summed E-state index contributed by atoms with van der Waals surface area (Å²) in [6.07, 6.45) is 3.33. The molecule has 4 rings (SSSR count). The number of nitrogens with zero attached hydrogens (tertiary/aromatic N) is 1. The first kappa shape index (κ1) is 19.9. The lowest BCUT2D eigenvalue weighted by atomic mass is 10.1. The Hall–Kier alpha value is -3.35. The van der Waals surface area contributed by atoms with Gasteiger partial charge in [-0.05, 0) is 36.6 Å². The van der Waals surface area contributed by atoms with E-state index in [0.717, 1.165) is 11.9 Å². The number of likely N-dealkylation sites (tertiary alicyclic amines) is 1. The highest BCUT2D eigenvalue weighted by molar-refractivity contribution is 5.84. The molecule has 0 spiro atoms. The highest BCUT2D eigenvalue weighted by Gasteiger charge is 2.31. The fourth-order valence-corrected chi connectivity index (χ4v) is 3.80. The van der Waals surface area contributed by atoms with Gasteiger partial charge in [0, 0.05) is 36.7 Å². The van der Waals surface area contributed by atoms with Crippen LogP contribution in [0.3, 0.4) is 0 Å². The number of H-pyrrole nitrogens is 1. The monoisotopic (exact) mass is 409 g/mol. The van der Waals surface area contributed by atoms with Gasteiger partial charge in [-0.3, -0.25) is 9.59 Å². The van der Waals surface area contributed by atoms with Gasteiger partial charge in [-0.25, -0.2) is 4.39 Å². The summed E-state index contributed by atoms with van der Waals surface area (Å²) in [5.41, 5.74) is 2.25. The Labute approximate surface area is 174 Å². The van der Waals surface area contributed by atoms with E-state index in [9.17, 15) is 14.0 Å². The molecule has 3 aromatic rings. The second-order valence-electron chi connectivity index (χ2n) is 7.44. The third-order valence-electron chi connectivity index (χ3n) is 5.47. The Kier molecular flexibility index (Phi) is 5.97. The molecule has 156 valence electrons. The predicted octanol–water partition coefficient (Wildman–Crippen LogP) is 2.89. The predicted molar refractivity (Wildman–Crippen MR) is 112 cm³/mol. The summed E-state index contributed by atoms with van der Waals surface area (Å²) in [6, 6.07) is 14.0. The molecule has 7 heteroatoms. The Morgan fingerprint density at radius 1 is 1.17 bits per heavy atom. The normalized spacial score (nSPS) is 16.0. The molecule has 6 nitrogen and oxygen atoms in total. The number of hydrogen-bond donors (Lipinski definition) is 2. The summed E-state index contributed by atoms with van der Waals surface area (Å²) in [5, 5.41) is 4.15. The lowest BCUT2D eigenvalue weighted by Crippen LogP contribution is -2.37. The summed E-state index contributed by atoms with van der Waals surface area (Å²) >= 11 is 0. The molecule has 1 aromatic heterocycles. The zero-order chi connectivity index (χ0) is 20.9. The summed E-state index contributed by atoms with van der Waals surface area (Å²) in [7, 11) is 0. The van der Waals surface area contributed by atoms with Gasteiger partial charge in [0.05, 0.1) is 5.92 Å². The number of para-hydroxylation sites is 2. The molecule has 0 aliphatic carbocycles. The molecule has 1 aliphatic rings. The highest BCUT2D eigenvalue weighted by Crippen LogP contribution is 2.20. The van der Waals surface area contributed by atoms with Crippen LogP contribution < -0.4 is 10.1 Å². The number of hydrogen-bond acceptors (Lipinski definition) is 3. The van der Waals surface area contributed by atoms with Crippen LogP contribution in [0.4, 0.5) is 4.39 Å². The molecular formula is C23H24FN3O3. The quantitative estimate of drug-likeness (QED) is 0.630. The molecule has 1 saturated heterocycles. The lowest BCUT2D eigenvalue weighted by molar-refractivity contribution is -0.132. The van der Waals surface area contributed by atoms with E-state index >= 15 is 0 Å². The molecule has 0 radical (unpaired) electrons. The summed E-state index contributed by atoms with van der Waals surface area (Å²) in [4.78, 5) is 29.7. The van der Waals surface area contributed by atoms with Gasteiger partial charge in [0.1, 0.15) is 0 Å². The van der Waals surface area contributed by atoms with Crippen LogP contribution in [-0.4, -0.2) is 47.9 Å². The van der Waals surface area contributed by atoms with Gasteiger partial charge in [-0.2, -0.15) is 0 Å². The second kappa shape index (κ2) is 8.98. The van der Waals surface area contributed by atoms with Gasteiger partial charge < -0.3 is 19.9 Å². The number of nitrogens with one attached hydrogen (secondary N) is 2. The molecule has 30 heavy (non-hydrogen) atoms. The third-order valence-corrected chi connectivity index (χ3v) is 5.47. The van der Waals surface area contributed by atoms with Crippen molar-refractivity contribution in [1.29, 1.82) is 0 Å². The maximum atomic E-state index is 13.6. The van der Waals surface area contributed by atoms with E-state index in [0.29, 0.717) is 26.1 Å². The number of carbonyl (C=O) groups excluding carboxylic acids is 2.